The van der Waals surface area contributed by atoms with Crippen LogP contribution in [0.3, 0.4) is 0 Å². The predicted octanol–water partition coefficient (Wildman–Crippen LogP) is 3.21. The minimum Gasteiger partial charge on any atom is -0.396 e. The summed E-state index contributed by atoms with van der Waals surface area (Å²) in [6, 6.07) is 11.8. The number of hydrogen-bond acceptors (Lipinski definition) is 2. The van der Waals surface area contributed by atoms with Crippen LogP contribution in [-0.4, -0.2) is 5.91 Å². The largest absolute Gasteiger partial charge is 0.396 e. The Labute approximate surface area is 117 Å². The van der Waals surface area contributed by atoms with Crippen LogP contribution in [0, 0.1) is 12.7 Å². The van der Waals surface area contributed by atoms with Crippen LogP contribution in [0.2, 0.25) is 0 Å². The van der Waals surface area contributed by atoms with Gasteiger partial charge in [-0.1, -0.05) is 30.3 Å². The van der Waals surface area contributed by atoms with Gasteiger partial charge in [-0.3, -0.25) is 4.79 Å². The summed E-state index contributed by atoms with van der Waals surface area (Å²) in [6.45, 7) is 3.87. The zero-order valence-corrected chi connectivity index (χ0v) is 11.5. The first-order valence-corrected chi connectivity index (χ1v) is 6.41. The minimum atomic E-state index is -0.582. The Kier molecular flexibility index (Phi) is 4.03. The number of nitrogen functional groups attached to an aromatic ring is 1. The molecule has 3 nitrogen and oxygen atoms in total. The number of nitrogens with two attached hydrogens (primary N) is 1. The number of benzene rings is 2. The number of anilines is 1. The maximum absolute atomic E-state index is 13.4. The number of carbonyl (C=O) groups is 1. The molecule has 0 aromatic heterocycles. The van der Waals surface area contributed by atoms with Crippen molar-refractivity contribution in [1.82, 2.24) is 5.32 Å². The highest BCUT2D eigenvalue weighted by Crippen LogP contribution is 2.20. The lowest BCUT2D eigenvalue weighted by Gasteiger charge is -2.17. The molecule has 2 rings (SSSR count). The number of hydrogen-bond donors (Lipinski definition) is 2. The number of nitrogens with one attached hydrogen (secondary N) is 1. The molecule has 0 spiro atoms. The maximum Gasteiger partial charge on any atom is 0.253 e. The van der Waals surface area contributed by atoms with E-state index in [0.717, 1.165) is 11.1 Å². The quantitative estimate of drug-likeness (QED) is 0.843. The summed E-state index contributed by atoms with van der Waals surface area (Å²) in [5.41, 5.74) is 7.74. The van der Waals surface area contributed by atoms with Crippen molar-refractivity contribution in [2.45, 2.75) is 19.9 Å². The lowest BCUT2D eigenvalue weighted by Crippen LogP contribution is -2.28. The summed E-state index contributed by atoms with van der Waals surface area (Å²) in [5, 5.41) is 2.84. The number of rotatable bonds is 3. The Bertz CT molecular complexity index is 640. The molecule has 0 aliphatic rings. The molecule has 0 radical (unpaired) electrons. The highest BCUT2D eigenvalue weighted by Gasteiger charge is 2.16. The third-order valence-corrected chi connectivity index (χ3v) is 3.30. The van der Waals surface area contributed by atoms with Gasteiger partial charge in [-0.25, -0.2) is 4.39 Å². The molecule has 0 aliphatic heterocycles. The molecule has 1 atom stereocenters. The Hall–Kier alpha value is -2.36. The van der Waals surface area contributed by atoms with Crippen molar-refractivity contribution in [2.24, 2.45) is 0 Å². The Morgan fingerprint density at radius 2 is 1.90 bits per heavy atom. The van der Waals surface area contributed by atoms with Crippen LogP contribution >= 0.6 is 0 Å². The maximum atomic E-state index is 13.4. The second-order valence-corrected chi connectivity index (χ2v) is 4.75. The molecule has 0 saturated heterocycles. The van der Waals surface area contributed by atoms with Crippen molar-refractivity contribution < 1.29 is 9.18 Å². The Morgan fingerprint density at radius 3 is 2.60 bits per heavy atom. The molecule has 3 N–H and O–H groups in total. The molecule has 0 saturated carbocycles. The van der Waals surface area contributed by atoms with Crippen molar-refractivity contribution >= 4 is 11.6 Å². The van der Waals surface area contributed by atoms with Crippen molar-refractivity contribution in [3.63, 3.8) is 0 Å². The standard InChI is InChI=1S/C16H17FN2O/c1-10-6-3-4-7-12(10)11(2)19-16(20)13-8-5-9-14(17)15(13)18/h3-9,11H,18H2,1-2H3,(H,19,20)/t11-/m0/s1. The normalized spacial score (nSPS) is 11.9. The molecule has 1 amide bonds. The average molecular weight is 272 g/mol. The number of para-hydroxylation sites is 1. The van der Waals surface area contributed by atoms with Gasteiger partial charge in [0.05, 0.1) is 17.3 Å². The van der Waals surface area contributed by atoms with Crippen molar-refractivity contribution in [3.05, 3.63) is 65.0 Å². The van der Waals surface area contributed by atoms with Crippen LogP contribution in [0.5, 0.6) is 0 Å². The van der Waals surface area contributed by atoms with Crippen LogP contribution in [0.25, 0.3) is 0 Å². The summed E-state index contributed by atoms with van der Waals surface area (Å²) in [5.74, 6) is -0.959. The van der Waals surface area contributed by atoms with Gasteiger partial charge in [0.25, 0.3) is 5.91 Å². The number of halogens is 1. The molecule has 104 valence electrons. The number of aryl methyl sites for hydroxylation is 1. The molecular weight excluding hydrogens is 255 g/mol. The van der Waals surface area contributed by atoms with Gasteiger partial charge in [-0.15, -0.1) is 0 Å². The van der Waals surface area contributed by atoms with E-state index in [0.29, 0.717) is 0 Å². The van der Waals surface area contributed by atoms with Gasteiger partial charge in [-0.2, -0.15) is 0 Å². The lowest BCUT2D eigenvalue weighted by atomic mass is 10.0. The van der Waals surface area contributed by atoms with Gasteiger partial charge in [0.2, 0.25) is 0 Å². The lowest BCUT2D eigenvalue weighted by molar-refractivity contribution is 0.0940. The van der Waals surface area contributed by atoms with Gasteiger partial charge < -0.3 is 11.1 Å². The van der Waals surface area contributed by atoms with Gasteiger partial charge in [0.15, 0.2) is 0 Å². The summed E-state index contributed by atoms with van der Waals surface area (Å²) >= 11 is 0. The summed E-state index contributed by atoms with van der Waals surface area (Å²) in [7, 11) is 0. The second kappa shape index (κ2) is 5.74. The molecule has 0 unspecified atom stereocenters. The number of carbonyl (C=O) groups excluding carboxylic acids is 1. The molecule has 0 aliphatic carbocycles. The molecule has 0 bridgehead atoms. The van der Waals surface area contributed by atoms with Crippen molar-refractivity contribution in [1.29, 1.82) is 0 Å². The SMILES string of the molecule is Cc1ccccc1[C@H](C)NC(=O)c1cccc(F)c1N. The van der Waals surface area contributed by atoms with Crippen LogP contribution in [0.1, 0.15) is 34.5 Å². The highest BCUT2D eigenvalue weighted by molar-refractivity contribution is 5.99. The fourth-order valence-corrected chi connectivity index (χ4v) is 2.16. The van der Waals surface area contributed by atoms with Crippen LogP contribution in [0.15, 0.2) is 42.5 Å². The van der Waals surface area contributed by atoms with E-state index in [1.54, 1.807) is 0 Å². The molecule has 2 aromatic carbocycles. The Balaban J connectivity index is 2.20. The highest BCUT2D eigenvalue weighted by atomic mass is 19.1. The van der Waals surface area contributed by atoms with Crippen molar-refractivity contribution in [2.75, 3.05) is 5.73 Å². The molecule has 0 heterocycles. The molecule has 0 fully saturated rings. The summed E-state index contributed by atoms with van der Waals surface area (Å²) < 4.78 is 13.4. The van der Waals surface area contributed by atoms with E-state index in [4.69, 9.17) is 5.73 Å². The first-order valence-electron chi connectivity index (χ1n) is 6.41. The molecular formula is C16H17FN2O. The van der Waals surface area contributed by atoms with Gasteiger partial charge in [-0.05, 0) is 37.1 Å². The van der Waals surface area contributed by atoms with E-state index < -0.39 is 5.82 Å². The van der Waals surface area contributed by atoms with E-state index in [1.807, 2.05) is 38.1 Å². The third-order valence-electron chi connectivity index (χ3n) is 3.30. The van der Waals surface area contributed by atoms with E-state index in [9.17, 15) is 9.18 Å². The fraction of sp³-hybridized carbons (Fsp3) is 0.188. The summed E-state index contributed by atoms with van der Waals surface area (Å²) in [4.78, 5) is 12.2. The van der Waals surface area contributed by atoms with E-state index in [1.165, 1.54) is 18.2 Å². The van der Waals surface area contributed by atoms with Crippen LogP contribution < -0.4 is 11.1 Å². The van der Waals surface area contributed by atoms with Crippen LogP contribution in [-0.2, 0) is 0 Å². The number of amides is 1. The Morgan fingerprint density at radius 1 is 1.20 bits per heavy atom. The predicted molar refractivity (Wildman–Crippen MR) is 77.9 cm³/mol. The summed E-state index contributed by atoms with van der Waals surface area (Å²) in [6.07, 6.45) is 0. The molecule has 4 heteroatoms. The zero-order chi connectivity index (χ0) is 14.7. The molecule has 20 heavy (non-hydrogen) atoms. The van der Waals surface area contributed by atoms with E-state index in [2.05, 4.69) is 5.32 Å². The van der Waals surface area contributed by atoms with Crippen molar-refractivity contribution in [3.8, 4) is 0 Å². The van der Waals surface area contributed by atoms with Gasteiger partial charge in [0, 0.05) is 0 Å². The smallest absolute Gasteiger partial charge is 0.253 e. The monoisotopic (exact) mass is 272 g/mol. The average Bonchev–Trinajstić information content (AvgIpc) is 2.42. The first-order chi connectivity index (χ1) is 9.50. The van der Waals surface area contributed by atoms with E-state index >= 15 is 0 Å². The third kappa shape index (κ3) is 2.79. The van der Waals surface area contributed by atoms with Gasteiger partial charge >= 0.3 is 0 Å². The fourth-order valence-electron chi connectivity index (χ4n) is 2.16. The van der Waals surface area contributed by atoms with E-state index in [-0.39, 0.29) is 23.2 Å². The first kappa shape index (κ1) is 14.1. The molecule has 2 aromatic rings. The second-order valence-electron chi connectivity index (χ2n) is 4.75. The van der Waals surface area contributed by atoms with Crippen LogP contribution in [0.4, 0.5) is 10.1 Å². The topological polar surface area (TPSA) is 55.1 Å². The van der Waals surface area contributed by atoms with Gasteiger partial charge in [0.1, 0.15) is 5.82 Å². The zero-order valence-electron chi connectivity index (χ0n) is 11.5. The minimum absolute atomic E-state index is 0.123.